The van der Waals surface area contributed by atoms with Gasteiger partial charge in [0.15, 0.2) is 11.5 Å². The Bertz CT molecular complexity index is 643. The number of ether oxygens (including phenoxy) is 2. The number of hydrogen-bond donors (Lipinski definition) is 2. The summed E-state index contributed by atoms with van der Waals surface area (Å²) in [5.74, 6) is 1.46. The van der Waals surface area contributed by atoms with Crippen LogP contribution in [0, 0.1) is 0 Å². The van der Waals surface area contributed by atoms with Crippen molar-refractivity contribution >= 4 is 11.6 Å². The summed E-state index contributed by atoms with van der Waals surface area (Å²) in [6.07, 6.45) is 0. The molecule has 1 aliphatic heterocycles. The van der Waals surface area contributed by atoms with Crippen molar-refractivity contribution in [3.05, 3.63) is 52.5 Å². The molecule has 2 aromatic rings. The zero-order valence-corrected chi connectivity index (χ0v) is 12.4. The van der Waals surface area contributed by atoms with E-state index in [0.717, 1.165) is 16.1 Å². The molecule has 0 aromatic heterocycles. The molecule has 1 heterocycles. The summed E-state index contributed by atoms with van der Waals surface area (Å²) in [6.45, 7) is 2.80. The number of nitrogens with one attached hydrogen (secondary N) is 1. The maximum absolute atomic E-state index is 10.0. The van der Waals surface area contributed by atoms with Crippen LogP contribution in [0.2, 0.25) is 5.02 Å². The van der Waals surface area contributed by atoms with Gasteiger partial charge in [0.25, 0.3) is 0 Å². The number of phenols is 1. The fourth-order valence-corrected chi connectivity index (χ4v) is 2.37. The Balaban J connectivity index is 1.68. The normalized spacial score (nSPS) is 14.2. The summed E-state index contributed by atoms with van der Waals surface area (Å²) in [5.41, 5.74) is 1.92. The largest absolute Gasteiger partial charge is 0.507 e. The summed E-state index contributed by atoms with van der Waals surface area (Å²) in [4.78, 5) is 0. The molecule has 3 rings (SSSR count). The molecule has 2 N–H and O–H groups in total. The fourth-order valence-electron chi connectivity index (χ4n) is 2.25. The minimum Gasteiger partial charge on any atom is -0.507 e. The van der Waals surface area contributed by atoms with Crippen LogP contribution in [-0.4, -0.2) is 11.9 Å². The van der Waals surface area contributed by atoms with Crippen molar-refractivity contribution in [2.45, 2.75) is 19.5 Å². The molecule has 5 heteroatoms. The van der Waals surface area contributed by atoms with Gasteiger partial charge < -0.3 is 19.9 Å². The maximum Gasteiger partial charge on any atom is 0.231 e. The lowest BCUT2D eigenvalue weighted by atomic mass is 10.1. The average molecular weight is 306 g/mol. The lowest BCUT2D eigenvalue weighted by Crippen LogP contribution is -2.18. The van der Waals surface area contributed by atoms with Gasteiger partial charge in [0.2, 0.25) is 6.79 Å². The molecular formula is C16H16ClNO3. The molecule has 0 radical (unpaired) electrons. The van der Waals surface area contributed by atoms with Crippen molar-refractivity contribution in [1.29, 1.82) is 0 Å². The Morgan fingerprint density at radius 2 is 1.86 bits per heavy atom. The number of benzene rings is 2. The molecular weight excluding hydrogens is 290 g/mol. The third kappa shape index (κ3) is 3.06. The third-order valence-electron chi connectivity index (χ3n) is 3.54. The van der Waals surface area contributed by atoms with E-state index in [2.05, 4.69) is 12.2 Å². The van der Waals surface area contributed by atoms with Crippen molar-refractivity contribution in [1.82, 2.24) is 5.32 Å². The molecule has 110 valence electrons. The fraction of sp³-hybridized carbons (Fsp3) is 0.250. The predicted octanol–water partition coefficient (Wildman–Crippen LogP) is 3.63. The highest BCUT2D eigenvalue weighted by Crippen LogP contribution is 2.37. The van der Waals surface area contributed by atoms with E-state index in [0.29, 0.717) is 18.0 Å². The summed E-state index contributed by atoms with van der Waals surface area (Å²) in [7, 11) is 0. The standard InChI is InChI=1S/C16H16ClNO3/c1-10(11-2-4-13(17)5-3-11)18-8-12-6-15-16(7-14(12)19)21-9-20-15/h2-7,10,18-19H,8-9H2,1H3/t10-/m0/s1. The lowest BCUT2D eigenvalue weighted by molar-refractivity contribution is 0.174. The average Bonchev–Trinajstić information content (AvgIpc) is 2.92. The minimum absolute atomic E-state index is 0.145. The first-order valence-electron chi connectivity index (χ1n) is 6.74. The van der Waals surface area contributed by atoms with Crippen LogP contribution in [0.4, 0.5) is 0 Å². The van der Waals surface area contributed by atoms with Gasteiger partial charge in [-0.2, -0.15) is 0 Å². The first-order valence-corrected chi connectivity index (χ1v) is 7.11. The number of phenolic OH excluding ortho intramolecular Hbond substituents is 1. The van der Waals surface area contributed by atoms with E-state index in [4.69, 9.17) is 21.1 Å². The zero-order valence-electron chi connectivity index (χ0n) is 11.6. The molecule has 0 fully saturated rings. The quantitative estimate of drug-likeness (QED) is 0.906. The molecule has 2 aromatic carbocycles. The van der Waals surface area contributed by atoms with Crippen LogP contribution in [0.5, 0.6) is 17.2 Å². The molecule has 0 aliphatic carbocycles. The number of rotatable bonds is 4. The number of aromatic hydroxyl groups is 1. The summed E-state index contributed by atoms with van der Waals surface area (Å²) >= 11 is 5.89. The van der Waals surface area contributed by atoms with Crippen molar-refractivity contribution in [3.8, 4) is 17.2 Å². The van der Waals surface area contributed by atoms with E-state index < -0.39 is 0 Å². The Hall–Kier alpha value is -1.91. The van der Waals surface area contributed by atoms with Gasteiger partial charge in [-0.3, -0.25) is 0 Å². The van der Waals surface area contributed by atoms with Gasteiger partial charge in [-0.15, -0.1) is 0 Å². The van der Waals surface area contributed by atoms with Gasteiger partial charge in [0, 0.05) is 29.2 Å². The molecule has 0 unspecified atom stereocenters. The molecule has 0 saturated heterocycles. The van der Waals surface area contributed by atoms with E-state index in [1.54, 1.807) is 12.1 Å². The highest BCUT2D eigenvalue weighted by atomic mass is 35.5. The second kappa shape index (κ2) is 5.84. The van der Waals surface area contributed by atoms with Crippen molar-refractivity contribution in [3.63, 3.8) is 0 Å². The number of fused-ring (bicyclic) bond motifs is 1. The van der Waals surface area contributed by atoms with Gasteiger partial charge >= 0.3 is 0 Å². The van der Waals surface area contributed by atoms with Gasteiger partial charge in [0.05, 0.1) is 0 Å². The first kappa shape index (κ1) is 14.0. The van der Waals surface area contributed by atoms with Crippen LogP contribution in [0.25, 0.3) is 0 Å². The summed E-state index contributed by atoms with van der Waals surface area (Å²) < 4.78 is 10.5. The number of halogens is 1. The van der Waals surface area contributed by atoms with E-state index in [1.165, 1.54) is 0 Å². The van der Waals surface area contributed by atoms with E-state index in [9.17, 15) is 5.11 Å². The predicted molar refractivity (Wildman–Crippen MR) is 80.9 cm³/mol. The monoisotopic (exact) mass is 305 g/mol. The van der Waals surface area contributed by atoms with Crippen LogP contribution < -0.4 is 14.8 Å². The van der Waals surface area contributed by atoms with E-state index in [1.807, 2.05) is 24.3 Å². The molecule has 0 saturated carbocycles. The smallest absolute Gasteiger partial charge is 0.231 e. The highest BCUT2D eigenvalue weighted by molar-refractivity contribution is 6.30. The molecule has 1 atom stereocenters. The van der Waals surface area contributed by atoms with E-state index in [-0.39, 0.29) is 18.6 Å². The Morgan fingerprint density at radius 1 is 1.19 bits per heavy atom. The third-order valence-corrected chi connectivity index (χ3v) is 3.79. The van der Waals surface area contributed by atoms with Crippen LogP contribution in [0.15, 0.2) is 36.4 Å². The minimum atomic E-state index is 0.145. The van der Waals surface area contributed by atoms with Crippen LogP contribution in [-0.2, 0) is 6.54 Å². The maximum atomic E-state index is 10.0. The Morgan fingerprint density at radius 3 is 2.57 bits per heavy atom. The van der Waals surface area contributed by atoms with Crippen molar-refractivity contribution < 1.29 is 14.6 Å². The summed E-state index contributed by atoms with van der Waals surface area (Å²) in [6, 6.07) is 11.2. The second-order valence-corrected chi connectivity index (χ2v) is 5.42. The molecule has 0 amide bonds. The molecule has 1 aliphatic rings. The summed E-state index contributed by atoms with van der Waals surface area (Å²) in [5, 5.41) is 14.1. The zero-order chi connectivity index (χ0) is 14.8. The van der Waals surface area contributed by atoms with Gasteiger partial charge in [-0.05, 0) is 30.7 Å². The Kier molecular flexibility index (Phi) is 3.90. The SMILES string of the molecule is C[C@H](NCc1cc2c(cc1O)OCO2)c1ccc(Cl)cc1. The van der Waals surface area contributed by atoms with Gasteiger partial charge in [-0.25, -0.2) is 0 Å². The van der Waals surface area contributed by atoms with Crippen LogP contribution in [0.3, 0.4) is 0 Å². The second-order valence-electron chi connectivity index (χ2n) is 4.99. The van der Waals surface area contributed by atoms with Crippen LogP contribution in [0.1, 0.15) is 24.1 Å². The molecule has 21 heavy (non-hydrogen) atoms. The molecule has 0 spiro atoms. The Labute approximate surface area is 128 Å². The highest BCUT2D eigenvalue weighted by Gasteiger charge is 2.17. The first-order chi connectivity index (χ1) is 10.1. The van der Waals surface area contributed by atoms with Crippen LogP contribution >= 0.6 is 11.6 Å². The lowest BCUT2D eigenvalue weighted by Gasteiger charge is -2.15. The topological polar surface area (TPSA) is 50.7 Å². The molecule has 4 nitrogen and oxygen atoms in total. The van der Waals surface area contributed by atoms with Crippen molar-refractivity contribution in [2.75, 3.05) is 6.79 Å². The van der Waals surface area contributed by atoms with E-state index >= 15 is 0 Å². The van der Waals surface area contributed by atoms with Gasteiger partial charge in [0.1, 0.15) is 5.75 Å². The van der Waals surface area contributed by atoms with Gasteiger partial charge in [-0.1, -0.05) is 23.7 Å². The molecule has 0 bridgehead atoms. The van der Waals surface area contributed by atoms with Crippen molar-refractivity contribution in [2.24, 2.45) is 0 Å². The number of hydrogen-bond acceptors (Lipinski definition) is 4.